The Morgan fingerprint density at radius 3 is 2.59 bits per heavy atom. The van der Waals surface area contributed by atoms with Crippen LogP contribution >= 0.6 is 0 Å². The van der Waals surface area contributed by atoms with Crippen molar-refractivity contribution < 1.29 is 22.3 Å². The lowest BCUT2D eigenvalue weighted by Crippen LogP contribution is -2.26. The van der Waals surface area contributed by atoms with Gasteiger partial charge in [0.2, 0.25) is 10.0 Å². The van der Waals surface area contributed by atoms with Crippen molar-refractivity contribution in [3.8, 4) is 5.75 Å². The molecular formula is C24H23FN2O4S. The number of halogens is 1. The molecule has 0 saturated heterocycles. The molecule has 1 fully saturated rings. The molecule has 0 radical (unpaired) electrons. The molecule has 3 aromatic rings. The molecular weight excluding hydrogens is 431 g/mol. The van der Waals surface area contributed by atoms with Crippen LogP contribution in [0.1, 0.15) is 34.3 Å². The highest BCUT2D eigenvalue weighted by Crippen LogP contribution is 2.24. The van der Waals surface area contributed by atoms with Gasteiger partial charge >= 0.3 is 0 Å². The van der Waals surface area contributed by atoms with Crippen LogP contribution in [0.5, 0.6) is 5.75 Å². The van der Waals surface area contributed by atoms with Gasteiger partial charge in [0.1, 0.15) is 18.2 Å². The zero-order valence-electron chi connectivity index (χ0n) is 17.5. The molecule has 166 valence electrons. The van der Waals surface area contributed by atoms with Crippen molar-refractivity contribution in [2.75, 3.05) is 5.32 Å². The number of aryl methyl sites for hydroxylation is 1. The zero-order valence-corrected chi connectivity index (χ0v) is 18.3. The maximum atomic E-state index is 13.3. The first-order valence-corrected chi connectivity index (χ1v) is 11.7. The molecule has 1 aliphatic carbocycles. The van der Waals surface area contributed by atoms with Gasteiger partial charge in [-0.1, -0.05) is 24.3 Å². The first-order valence-electron chi connectivity index (χ1n) is 10.2. The number of amides is 1. The van der Waals surface area contributed by atoms with E-state index in [2.05, 4.69) is 10.0 Å². The number of anilines is 1. The molecule has 3 aromatic carbocycles. The molecule has 8 heteroatoms. The lowest BCUT2D eigenvalue weighted by Gasteiger charge is -2.12. The highest BCUT2D eigenvalue weighted by Gasteiger charge is 2.28. The molecule has 1 amide bonds. The van der Waals surface area contributed by atoms with Crippen LogP contribution in [-0.4, -0.2) is 20.4 Å². The Morgan fingerprint density at radius 1 is 1.06 bits per heavy atom. The number of sulfonamides is 1. The second-order valence-corrected chi connectivity index (χ2v) is 9.49. The molecule has 0 spiro atoms. The summed E-state index contributed by atoms with van der Waals surface area (Å²) in [5.41, 5.74) is 2.27. The summed E-state index contributed by atoms with van der Waals surface area (Å²) in [6.45, 7) is 1.95. The molecule has 1 saturated carbocycles. The summed E-state index contributed by atoms with van der Waals surface area (Å²) >= 11 is 0. The Balaban J connectivity index is 1.46. The second kappa shape index (κ2) is 9.10. The quantitative estimate of drug-likeness (QED) is 0.528. The lowest BCUT2D eigenvalue weighted by atomic mass is 10.1. The molecule has 6 nitrogen and oxygen atoms in total. The standard InChI is InChI=1S/C24H23FN2O4S/c1-16-8-11-22(32(29,30)27-19-9-10-19)14-23(16)24(28)26-20-6-2-4-17(12-20)15-31-21-7-3-5-18(25)13-21/h2-8,11-14,19,27H,9-10,15H2,1H3,(H,26,28). The van der Waals surface area contributed by atoms with E-state index in [1.54, 1.807) is 43.3 Å². The Bertz CT molecular complexity index is 1260. The number of nitrogens with one attached hydrogen (secondary N) is 2. The fraction of sp³-hybridized carbons (Fsp3) is 0.208. The first-order chi connectivity index (χ1) is 15.3. The van der Waals surface area contributed by atoms with Gasteiger partial charge < -0.3 is 10.1 Å². The van der Waals surface area contributed by atoms with Crippen LogP contribution < -0.4 is 14.8 Å². The second-order valence-electron chi connectivity index (χ2n) is 7.77. The smallest absolute Gasteiger partial charge is 0.255 e. The molecule has 0 atom stereocenters. The minimum atomic E-state index is -3.66. The van der Waals surface area contributed by atoms with E-state index < -0.39 is 15.9 Å². The number of carbonyl (C=O) groups is 1. The van der Waals surface area contributed by atoms with E-state index >= 15 is 0 Å². The summed E-state index contributed by atoms with van der Waals surface area (Å²) in [6.07, 6.45) is 1.66. The predicted octanol–water partition coefficient (Wildman–Crippen LogP) is 4.41. The van der Waals surface area contributed by atoms with Crippen molar-refractivity contribution in [3.63, 3.8) is 0 Å². The Labute approximate surface area is 186 Å². The van der Waals surface area contributed by atoms with Crippen LogP contribution in [0.2, 0.25) is 0 Å². The van der Waals surface area contributed by atoms with Gasteiger partial charge in [-0.25, -0.2) is 17.5 Å². The number of hydrogen-bond acceptors (Lipinski definition) is 4. The van der Waals surface area contributed by atoms with Gasteiger partial charge in [0.15, 0.2) is 0 Å². The largest absolute Gasteiger partial charge is 0.489 e. The van der Waals surface area contributed by atoms with Crippen molar-refractivity contribution in [1.82, 2.24) is 4.72 Å². The third-order valence-corrected chi connectivity index (χ3v) is 6.57. The minimum Gasteiger partial charge on any atom is -0.489 e. The van der Waals surface area contributed by atoms with E-state index in [0.29, 0.717) is 17.0 Å². The zero-order chi connectivity index (χ0) is 22.7. The van der Waals surface area contributed by atoms with E-state index in [4.69, 9.17) is 4.74 Å². The van der Waals surface area contributed by atoms with E-state index in [9.17, 15) is 17.6 Å². The Morgan fingerprint density at radius 2 is 1.84 bits per heavy atom. The van der Waals surface area contributed by atoms with E-state index in [1.165, 1.54) is 24.3 Å². The van der Waals surface area contributed by atoms with Crippen LogP contribution in [0.4, 0.5) is 10.1 Å². The predicted molar refractivity (Wildman–Crippen MR) is 120 cm³/mol. The van der Waals surface area contributed by atoms with Gasteiger partial charge in [0, 0.05) is 23.4 Å². The van der Waals surface area contributed by atoms with Crippen molar-refractivity contribution in [2.24, 2.45) is 0 Å². The van der Waals surface area contributed by atoms with Crippen LogP contribution in [0.25, 0.3) is 0 Å². The van der Waals surface area contributed by atoms with Crippen molar-refractivity contribution in [3.05, 3.63) is 89.2 Å². The lowest BCUT2D eigenvalue weighted by molar-refractivity contribution is 0.102. The monoisotopic (exact) mass is 454 g/mol. The van der Waals surface area contributed by atoms with E-state index in [1.807, 2.05) is 6.07 Å². The molecule has 2 N–H and O–H groups in total. The third-order valence-electron chi connectivity index (χ3n) is 5.05. The maximum Gasteiger partial charge on any atom is 0.255 e. The Hall–Kier alpha value is -3.23. The highest BCUT2D eigenvalue weighted by molar-refractivity contribution is 7.89. The van der Waals surface area contributed by atoms with Gasteiger partial charge in [-0.2, -0.15) is 0 Å². The summed E-state index contributed by atoms with van der Waals surface area (Å²) in [4.78, 5) is 12.9. The van der Waals surface area contributed by atoms with Crippen molar-refractivity contribution in [1.29, 1.82) is 0 Å². The van der Waals surface area contributed by atoms with Crippen LogP contribution in [0.3, 0.4) is 0 Å². The molecule has 0 aliphatic heterocycles. The molecule has 0 heterocycles. The van der Waals surface area contributed by atoms with Gasteiger partial charge in [-0.15, -0.1) is 0 Å². The molecule has 0 unspecified atom stereocenters. The topological polar surface area (TPSA) is 84.5 Å². The van der Waals surface area contributed by atoms with Crippen molar-refractivity contribution >= 4 is 21.6 Å². The minimum absolute atomic E-state index is 0.0177. The van der Waals surface area contributed by atoms with Gasteiger partial charge in [-0.05, 0) is 67.3 Å². The average Bonchev–Trinajstić information content (AvgIpc) is 3.56. The van der Waals surface area contributed by atoms with Crippen molar-refractivity contribution in [2.45, 2.75) is 37.3 Å². The Kier molecular flexibility index (Phi) is 6.25. The summed E-state index contributed by atoms with van der Waals surface area (Å²) in [5.74, 6) is -0.377. The third kappa shape index (κ3) is 5.52. The van der Waals surface area contributed by atoms with E-state index in [0.717, 1.165) is 18.4 Å². The number of rotatable bonds is 8. The number of ether oxygens (including phenoxy) is 1. The van der Waals surface area contributed by atoms with Gasteiger partial charge in [-0.3, -0.25) is 4.79 Å². The number of hydrogen-bond donors (Lipinski definition) is 2. The molecule has 0 bridgehead atoms. The fourth-order valence-corrected chi connectivity index (χ4v) is 4.49. The number of benzene rings is 3. The average molecular weight is 455 g/mol. The summed E-state index contributed by atoms with van der Waals surface area (Å²) in [6, 6.07) is 17.5. The van der Waals surface area contributed by atoms with E-state index in [-0.39, 0.29) is 28.9 Å². The highest BCUT2D eigenvalue weighted by atomic mass is 32.2. The van der Waals surface area contributed by atoms with Gasteiger partial charge in [0.05, 0.1) is 4.90 Å². The van der Waals surface area contributed by atoms with Crippen LogP contribution in [-0.2, 0) is 16.6 Å². The summed E-state index contributed by atoms with van der Waals surface area (Å²) in [5, 5.41) is 2.81. The number of carbonyl (C=O) groups excluding carboxylic acids is 1. The maximum absolute atomic E-state index is 13.3. The van der Waals surface area contributed by atoms with Crippen LogP contribution in [0.15, 0.2) is 71.6 Å². The SMILES string of the molecule is Cc1ccc(S(=O)(=O)NC2CC2)cc1C(=O)Nc1cccc(COc2cccc(F)c2)c1. The van der Waals surface area contributed by atoms with Crippen LogP contribution in [0, 0.1) is 12.7 Å². The molecule has 32 heavy (non-hydrogen) atoms. The molecule has 4 rings (SSSR count). The first kappa shape index (κ1) is 22.0. The molecule has 0 aromatic heterocycles. The fourth-order valence-electron chi connectivity index (χ4n) is 3.16. The molecule has 1 aliphatic rings. The summed E-state index contributed by atoms with van der Waals surface area (Å²) < 4.78 is 46.5. The van der Waals surface area contributed by atoms with Gasteiger partial charge in [0.25, 0.3) is 5.91 Å². The normalized spacial score (nSPS) is 13.6. The summed E-state index contributed by atoms with van der Waals surface area (Å²) in [7, 11) is -3.66.